The minimum atomic E-state index is -0.0634. The summed E-state index contributed by atoms with van der Waals surface area (Å²) in [7, 11) is 1.82. The van der Waals surface area contributed by atoms with Gasteiger partial charge in [0.2, 0.25) is 0 Å². The topological polar surface area (TPSA) is 50.0 Å². The van der Waals surface area contributed by atoms with Gasteiger partial charge >= 0.3 is 0 Å². The molecule has 6 heteroatoms. The van der Waals surface area contributed by atoms with Gasteiger partial charge in [-0.1, -0.05) is 0 Å². The van der Waals surface area contributed by atoms with Gasteiger partial charge in [-0.15, -0.1) is 24.0 Å². The lowest BCUT2D eigenvalue weighted by atomic mass is 10.1. The normalized spacial score (nSPS) is 17.3. The molecule has 1 aromatic rings. The zero-order valence-electron chi connectivity index (χ0n) is 14.0. The molecule has 1 aliphatic rings. The monoisotopic (exact) mass is 421 g/mol. The zero-order chi connectivity index (χ0) is 15.3. The van der Waals surface area contributed by atoms with Crippen molar-refractivity contribution in [2.24, 2.45) is 4.99 Å². The van der Waals surface area contributed by atoms with Crippen molar-refractivity contribution in [1.82, 2.24) is 10.2 Å². The summed E-state index contributed by atoms with van der Waals surface area (Å²) >= 11 is 0. The van der Waals surface area contributed by atoms with E-state index in [2.05, 4.69) is 36.0 Å². The number of hydrogen-bond donors (Lipinski definition) is 1. The van der Waals surface area contributed by atoms with E-state index in [1.165, 1.54) is 0 Å². The molecule has 1 aromatic heterocycles. The van der Waals surface area contributed by atoms with Crippen LogP contribution < -0.4 is 5.32 Å². The van der Waals surface area contributed by atoms with Crippen LogP contribution in [0.15, 0.2) is 27.8 Å². The molecule has 22 heavy (non-hydrogen) atoms. The van der Waals surface area contributed by atoms with Crippen molar-refractivity contribution in [3.8, 4) is 0 Å². The van der Waals surface area contributed by atoms with Crippen LogP contribution in [0.4, 0.5) is 0 Å². The molecule has 0 atom stereocenters. The summed E-state index contributed by atoms with van der Waals surface area (Å²) in [4.78, 5) is 6.64. The van der Waals surface area contributed by atoms with Crippen LogP contribution in [0.5, 0.6) is 0 Å². The molecule has 1 saturated heterocycles. The molecule has 126 valence electrons. The standard InChI is InChI=1S/C16H27N3O2.HI/c1-16(2,3)21-13-7-9-19(10-8-13)15(17-4)18-12-14-6-5-11-20-14;/h5-6,11,13H,7-10,12H2,1-4H3,(H,17,18);1H. The van der Waals surface area contributed by atoms with Crippen molar-refractivity contribution in [1.29, 1.82) is 0 Å². The molecule has 0 aromatic carbocycles. The first-order chi connectivity index (χ1) is 9.98. The number of halogens is 1. The van der Waals surface area contributed by atoms with E-state index in [0.717, 1.165) is 37.7 Å². The molecule has 0 unspecified atom stereocenters. The van der Waals surface area contributed by atoms with Crippen molar-refractivity contribution in [2.45, 2.75) is 51.9 Å². The fourth-order valence-electron chi connectivity index (χ4n) is 2.60. The summed E-state index contributed by atoms with van der Waals surface area (Å²) in [5.41, 5.74) is -0.0634. The Morgan fingerprint density at radius 3 is 2.59 bits per heavy atom. The lowest BCUT2D eigenvalue weighted by Crippen LogP contribution is -2.47. The van der Waals surface area contributed by atoms with Gasteiger partial charge in [-0.3, -0.25) is 4.99 Å². The van der Waals surface area contributed by atoms with Crippen LogP contribution in [0.2, 0.25) is 0 Å². The van der Waals surface area contributed by atoms with E-state index in [1.54, 1.807) is 6.26 Å². The molecule has 0 radical (unpaired) electrons. The third kappa shape index (κ3) is 6.16. The lowest BCUT2D eigenvalue weighted by Gasteiger charge is -2.36. The Morgan fingerprint density at radius 2 is 2.09 bits per heavy atom. The van der Waals surface area contributed by atoms with Crippen molar-refractivity contribution < 1.29 is 9.15 Å². The summed E-state index contributed by atoms with van der Waals surface area (Å²) in [6.45, 7) is 8.95. The fourth-order valence-corrected chi connectivity index (χ4v) is 2.60. The second kappa shape index (κ2) is 8.76. The minimum absolute atomic E-state index is 0. The van der Waals surface area contributed by atoms with Gasteiger partial charge in [0.25, 0.3) is 0 Å². The van der Waals surface area contributed by atoms with Crippen molar-refractivity contribution >= 4 is 29.9 Å². The zero-order valence-corrected chi connectivity index (χ0v) is 16.3. The Bertz CT molecular complexity index is 446. The molecular weight excluding hydrogens is 393 g/mol. The quantitative estimate of drug-likeness (QED) is 0.463. The van der Waals surface area contributed by atoms with Gasteiger partial charge in [0, 0.05) is 20.1 Å². The summed E-state index contributed by atoms with van der Waals surface area (Å²) in [5.74, 6) is 1.85. The molecule has 1 fully saturated rings. The summed E-state index contributed by atoms with van der Waals surface area (Å²) < 4.78 is 11.4. The molecule has 0 aliphatic carbocycles. The second-order valence-electron chi connectivity index (χ2n) is 6.40. The van der Waals surface area contributed by atoms with Gasteiger partial charge in [0.15, 0.2) is 5.96 Å². The number of ether oxygens (including phenoxy) is 1. The van der Waals surface area contributed by atoms with Gasteiger partial charge < -0.3 is 19.4 Å². The summed E-state index contributed by atoms with van der Waals surface area (Å²) in [5, 5.41) is 3.35. The highest BCUT2D eigenvalue weighted by Gasteiger charge is 2.25. The molecule has 0 spiro atoms. The van der Waals surface area contributed by atoms with Crippen LogP contribution in [-0.4, -0.2) is 42.7 Å². The maximum absolute atomic E-state index is 6.06. The Kier molecular flexibility index (Phi) is 7.68. The third-order valence-corrected chi connectivity index (χ3v) is 3.47. The van der Waals surface area contributed by atoms with Gasteiger partial charge in [-0.2, -0.15) is 0 Å². The average Bonchev–Trinajstić information content (AvgIpc) is 2.92. The highest BCUT2D eigenvalue weighted by molar-refractivity contribution is 14.0. The van der Waals surface area contributed by atoms with Crippen LogP contribution in [0.3, 0.4) is 0 Å². The van der Waals surface area contributed by atoms with Gasteiger partial charge in [-0.05, 0) is 45.7 Å². The number of nitrogens with zero attached hydrogens (tertiary/aromatic N) is 2. The van der Waals surface area contributed by atoms with Crippen molar-refractivity contribution in [3.63, 3.8) is 0 Å². The number of nitrogens with one attached hydrogen (secondary N) is 1. The van der Waals surface area contributed by atoms with E-state index in [0.29, 0.717) is 12.6 Å². The highest BCUT2D eigenvalue weighted by Crippen LogP contribution is 2.20. The lowest BCUT2D eigenvalue weighted by molar-refractivity contribution is -0.0772. The summed E-state index contributed by atoms with van der Waals surface area (Å²) in [6.07, 6.45) is 4.12. The number of piperidine rings is 1. The smallest absolute Gasteiger partial charge is 0.194 e. The number of rotatable bonds is 3. The SMILES string of the molecule is CN=C(NCc1ccco1)N1CCC(OC(C)(C)C)CC1.I. The average molecular weight is 421 g/mol. The molecule has 2 heterocycles. The van der Waals surface area contributed by atoms with Crippen LogP contribution in [0.25, 0.3) is 0 Å². The summed E-state index contributed by atoms with van der Waals surface area (Å²) in [6, 6.07) is 3.86. The Labute approximate surface area is 150 Å². The molecule has 5 nitrogen and oxygen atoms in total. The van der Waals surface area contributed by atoms with Crippen LogP contribution in [0.1, 0.15) is 39.4 Å². The number of hydrogen-bond acceptors (Lipinski definition) is 3. The van der Waals surface area contributed by atoms with Gasteiger partial charge in [0.1, 0.15) is 5.76 Å². The van der Waals surface area contributed by atoms with E-state index in [4.69, 9.17) is 9.15 Å². The molecule has 1 N–H and O–H groups in total. The van der Waals surface area contributed by atoms with E-state index < -0.39 is 0 Å². The predicted molar refractivity (Wildman–Crippen MR) is 99.8 cm³/mol. The Hall–Kier alpha value is -0.760. The van der Waals surface area contributed by atoms with E-state index in [-0.39, 0.29) is 29.6 Å². The van der Waals surface area contributed by atoms with Gasteiger partial charge in [-0.25, -0.2) is 0 Å². The number of furan rings is 1. The maximum atomic E-state index is 6.06. The first-order valence-corrected chi connectivity index (χ1v) is 7.64. The number of likely N-dealkylation sites (tertiary alicyclic amines) is 1. The second-order valence-corrected chi connectivity index (χ2v) is 6.40. The first-order valence-electron chi connectivity index (χ1n) is 7.64. The molecule has 0 amide bonds. The number of guanidine groups is 1. The fraction of sp³-hybridized carbons (Fsp3) is 0.688. The largest absolute Gasteiger partial charge is 0.467 e. The van der Waals surface area contributed by atoms with Crippen LogP contribution in [-0.2, 0) is 11.3 Å². The minimum Gasteiger partial charge on any atom is -0.467 e. The Balaban J connectivity index is 0.00000242. The molecule has 2 rings (SSSR count). The maximum Gasteiger partial charge on any atom is 0.194 e. The Morgan fingerprint density at radius 1 is 1.41 bits per heavy atom. The van der Waals surface area contributed by atoms with Gasteiger partial charge in [0.05, 0.1) is 24.5 Å². The van der Waals surface area contributed by atoms with Crippen molar-refractivity contribution in [2.75, 3.05) is 20.1 Å². The van der Waals surface area contributed by atoms with E-state index in [1.807, 2.05) is 19.2 Å². The van der Waals surface area contributed by atoms with E-state index >= 15 is 0 Å². The van der Waals surface area contributed by atoms with Crippen LogP contribution >= 0.6 is 24.0 Å². The molecule has 1 aliphatic heterocycles. The van der Waals surface area contributed by atoms with Crippen LogP contribution in [0, 0.1) is 0 Å². The highest BCUT2D eigenvalue weighted by atomic mass is 127. The van der Waals surface area contributed by atoms with E-state index in [9.17, 15) is 0 Å². The van der Waals surface area contributed by atoms with Crippen molar-refractivity contribution in [3.05, 3.63) is 24.2 Å². The predicted octanol–water partition coefficient (Wildman–Crippen LogP) is 3.25. The molecular formula is C16H28IN3O2. The molecule has 0 bridgehead atoms. The molecule has 0 saturated carbocycles. The third-order valence-electron chi connectivity index (χ3n) is 3.47. The first kappa shape index (κ1) is 19.3. The number of aliphatic imine (C=N–C) groups is 1.